The zero-order valence-corrected chi connectivity index (χ0v) is 14.8. The Kier molecular flexibility index (Phi) is 4.33. The van der Waals surface area contributed by atoms with Gasteiger partial charge in [0, 0.05) is 33.4 Å². The van der Waals surface area contributed by atoms with Crippen molar-refractivity contribution < 1.29 is 4.74 Å². The van der Waals surface area contributed by atoms with Gasteiger partial charge in [-0.25, -0.2) is 4.98 Å². The van der Waals surface area contributed by atoms with Crippen LogP contribution in [0.1, 0.15) is 46.6 Å². The average molecular weight is 367 g/mol. The van der Waals surface area contributed by atoms with Crippen molar-refractivity contribution in [2.24, 2.45) is 0 Å². The van der Waals surface area contributed by atoms with Gasteiger partial charge in [0.2, 0.25) is 0 Å². The molecule has 2 aromatic rings. The lowest BCUT2D eigenvalue weighted by atomic mass is 9.99. The first-order chi connectivity index (χ1) is 10.0. The number of rotatable bonds is 3. The van der Waals surface area contributed by atoms with Crippen LogP contribution in [0.25, 0.3) is 0 Å². The highest BCUT2D eigenvalue weighted by Crippen LogP contribution is 2.36. The van der Waals surface area contributed by atoms with Crippen LogP contribution in [0.3, 0.4) is 0 Å². The second-order valence-corrected chi connectivity index (χ2v) is 7.59. The third kappa shape index (κ3) is 3.15. The van der Waals surface area contributed by atoms with Crippen molar-refractivity contribution in [2.75, 3.05) is 6.61 Å². The molecule has 3 nitrogen and oxygen atoms in total. The van der Waals surface area contributed by atoms with Crippen molar-refractivity contribution in [3.8, 4) is 5.75 Å². The van der Waals surface area contributed by atoms with Crippen molar-refractivity contribution in [1.29, 1.82) is 0 Å². The van der Waals surface area contributed by atoms with Gasteiger partial charge in [-0.3, -0.25) is 0 Å². The maximum atomic E-state index is 5.75. The molecule has 0 spiro atoms. The van der Waals surface area contributed by atoms with Gasteiger partial charge < -0.3 is 10.1 Å². The SMILES string of the molecule is Cc1nc(C)c(C(C)NC2CCOc3ccc(Br)cc32)s1. The molecule has 3 rings (SSSR count). The predicted molar refractivity (Wildman–Crippen MR) is 90.1 cm³/mol. The third-order valence-electron chi connectivity index (χ3n) is 3.80. The highest BCUT2D eigenvalue weighted by molar-refractivity contribution is 9.10. The molecule has 0 saturated heterocycles. The maximum absolute atomic E-state index is 5.75. The molecule has 2 unspecified atom stereocenters. The number of aromatic nitrogens is 1. The quantitative estimate of drug-likeness (QED) is 0.854. The Bertz CT molecular complexity index is 656. The molecule has 2 heterocycles. The zero-order valence-electron chi connectivity index (χ0n) is 12.4. The smallest absolute Gasteiger partial charge is 0.124 e. The highest BCUT2D eigenvalue weighted by atomic mass is 79.9. The maximum Gasteiger partial charge on any atom is 0.124 e. The molecule has 5 heteroatoms. The normalized spacial score (nSPS) is 19.0. The lowest BCUT2D eigenvalue weighted by Gasteiger charge is -2.29. The monoisotopic (exact) mass is 366 g/mol. The molecule has 0 aliphatic carbocycles. The van der Waals surface area contributed by atoms with Crippen LogP contribution in [0.5, 0.6) is 5.75 Å². The Balaban J connectivity index is 1.83. The Morgan fingerprint density at radius 1 is 1.43 bits per heavy atom. The van der Waals surface area contributed by atoms with Gasteiger partial charge in [-0.2, -0.15) is 0 Å². The van der Waals surface area contributed by atoms with E-state index in [1.165, 1.54) is 10.4 Å². The molecule has 1 aromatic heterocycles. The van der Waals surface area contributed by atoms with E-state index in [2.05, 4.69) is 53.1 Å². The molecule has 1 aromatic carbocycles. The fourth-order valence-electron chi connectivity index (χ4n) is 2.86. The van der Waals surface area contributed by atoms with Crippen LogP contribution < -0.4 is 10.1 Å². The first kappa shape index (κ1) is 15.0. The van der Waals surface area contributed by atoms with Gasteiger partial charge in [0.05, 0.1) is 17.3 Å². The Morgan fingerprint density at radius 3 is 2.95 bits per heavy atom. The first-order valence-corrected chi connectivity index (χ1v) is 8.78. The summed E-state index contributed by atoms with van der Waals surface area (Å²) in [5.74, 6) is 0.992. The fourth-order valence-corrected chi connectivity index (χ4v) is 4.18. The van der Waals surface area contributed by atoms with Crippen LogP contribution in [-0.2, 0) is 0 Å². The molecular weight excluding hydrogens is 348 g/mol. The summed E-state index contributed by atoms with van der Waals surface area (Å²) in [6.45, 7) is 7.13. The summed E-state index contributed by atoms with van der Waals surface area (Å²) in [5, 5.41) is 4.87. The molecular formula is C16H19BrN2OS. The average Bonchev–Trinajstić information content (AvgIpc) is 2.78. The standard InChI is InChI=1S/C16H19BrN2OS/c1-9-16(21-11(3)18-9)10(2)19-14-6-7-20-15-5-4-12(17)8-13(14)15/h4-5,8,10,14,19H,6-7H2,1-3H3. The number of halogens is 1. The second-order valence-electron chi connectivity index (χ2n) is 5.44. The van der Waals surface area contributed by atoms with E-state index in [9.17, 15) is 0 Å². The van der Waals surface area contributed by atoms with Crippen LogP contribution in [-0.4, -0.2) is 11.6 Å². The van der Waals surface area contributed by atoms with Gasteiger partial charge in [-0.1, -0.05) is 15.9 Å². The van der Waals surface area contributed by atoms with Crippen molar-refractivity contribution in [3.63, 3.8) is 0 Å². The van der Waals surface area contributed by atoms with Crippen molar-refractivity contribution in [2.45, 2.75) is 39.3 Å². The second kappa shape index (κ2) is 6.07. The molecule has 1 aliphatic rings. The number of aryl methyl sites for hydroxylation is 2. The van der Waals surface area contributed by atoms with E-state index in [-0.39, 0.29) is 0 Å². The minimum Gasteiger partial charge on any atom is -0.493 e. The van der Waals surface area contributed by atoms with Crippen LogP contribution in [0.4, 0.5) is 0 Å². The summed E-state index contributed by atoms with van der Waals surface area (Å²) in [7, 11) is 0. The molecule has 0 radical (unpaired) electrons. The molecule has 112 valence electrons. The molecule has 0 bridgehead atoms. The lowest BCUT2D eigenvalue weighted by Crippen LogP contribution is -2.29. The van der Waals surface area contributed by atoms with Crippen LogP contribution in [0.2, 0.25) is 0 Å². The number of ether oxygens (including phenoxy) is 1. The number of thiazole rings is 1. The number of hydrogen-bond acceptors (Lipinski definition) is 4. The van der Waals surface area contributed by atoms with Crippen LogP contribution in [0, 0.1) is 13.8 Å². The number of benzene rings is 1. The van der Waals surface area contributed by atoms with Gasteiger partial charge >= 0.3 is 0 Å². The summed E-state index contributed by atoms with van der Waals surface area (Å²) in [6.07, 6.45) is 0.991. The van der Waals surface area contributed by atoms with Crippen molar-refractivity contribution >= 4 is 27.3 Å². The summed E-state index contributed by atoms with van der Waals surface area (Å²) in [4.78, 5) is 5.86. The summed E-state index contributed by atoms with van der Waals surface area (Å²) in [6, 6.07) is 6.85. The molecule has 0 amide bonds. The Morgan fingerprint density at radius 2 is 2.24 bits per heavy atom. The number of nitrogens with zero attached hydrogens (tertiary/aromatic N) is 1. The van der Waals surface area contributed by atoms with Gasteiger partial charge in [-0.15, -0.1) is 11.3 Å². The van der Waals surface area contributed by atoms with Gasteiger partial charge in [0.1, 0.15) is 5.75 Å². The van der Waals surface area contributed by atoms with Gasteiger partial charge in [0.25, 0.3) is 0 Å². The van der Waals surface area contributed by atoms with Crippen LogP contribution in [0.15, 0.2) is 22.7 Å². The number of fused-ring (bicyclic) bond motifs is 1. The summed E-state index contributed by atoms with van der Waals surface area (Å²) >= 11 is 5.33. The predicted octanol–water partition coefficient (Wildman–Crippen LogP) is 4.70. The van der Waals surface area contributed by atoms with E-state index in [1.54, 1.807) is 11.3 Å². The lowest BCUT2D eigenvalue weighted by molar-refractivity contribution is 0.246. The van der Waals surface area contributed by atoms with Gasteiger partial charge in [-0.05, 0) is 39.0 Å². The van der Waals surface area contributed by atoms with E-state index >= 15 is 0 Å². The zero-order chi connectivity index (χ0) is 15.0. The summed E-state index contributed by atoms with van der Waals surface area (Å²) < 4.78 is 6.85. The van der Waals surface area contributed by atoms with E-state index in [0.717, 1.165) is 34.0 Å². The topological polar surface area (TPSA) is 34.2 Å². The third-order valence-corrected chi connectivity index (χ3v) is 5.54. The van der Waals surface area contributed by atoms with E-state index < -0.39 is 0 Å². The molecule has 2 atom stereocenters. The first-order valence-electron chi connectivity index (χ1n) is 7.17. The Hall–Kier alpha value is -0.910. The van der Waals surface area contributed by atoms with E-state index in [0.29, 0.717) is 12.1 Å². The van der Waals surface area contributed by atoms with E-state index in [4.69, 9.17) is 4.74 Å². The molecule has 1 N–H and O–H groups in total. The molecule has 1 aliphatic heterocycles. The van der Waals surface area contributed by atoms with Gasteiger partial charge in [0.15, 0.2) is 0 Å². The molecule has 0 fully saturated rings. The molecule has 21 heavy (non-hydrogen) atoms. The number of nitrogens with one attached hydrogen (secondary N) is 1. The van der Waals surface area contributed by atoms with Crippen molar-refractivity contribution in [3.05, 3.63) is 43.8 Å². The van der Waals surface area contributed by atoms with E-state index in [1.807, 2.05) is 12.1 Å². The van der Waals surface area contributed by atoms with Crippen LogP contribution >= 0.6 is 27.3 Å². The fraction of sp³-hybridized carbons (Fsp3) is 0.438. The largest absolute Gasteiger partial charge is 0.493 e. The highest BCUT2D eigenvalue weighted by Gasteiger charge is 2.24. The summed E-state index contributed by atoms with van der Waals surface area (Å²) in [5.41, 5.74) is 2.38. The Labute approximate surface area is 137 Å². The minimum atomic E-state index is 0.297. The van der Waals surface area contributed by atoms with Crippen molar-refractivity contribution in [1.82, 2.24) is 10.3 Å². The molecule has 0 saturated carbocycles. The number of hydrogen-bond donors (Lipinski definition) is 1. The minimum absolute atomic E-state index is 0.297.